The summed E-state index contributed by atoms with van der Waals surface area (Å²) in [7, 11) is 0. The molecular weight excluding hydrogens is 215 g/mol. The normalized spacial score (nSPS) is 15.0. The highest BCUT2D eigenvalue weighted by Crippen LogP contribution is 2.34. The molecule has 0 radical (unpaired) electrons. The number of anilines is 1. The molecule has 0 spiro atoms. The van der Waals surface area contributed by atoms with Crippen LogP contribution < -0.4 is 10.6 Å². The molecule has 0 unspecified atom stereocenters. The van der Waals surface area contributed by atoms with Gasteiger partial charge in [-0.1, -0.05) is 6.92 Å². The maximum atomic E-state index is 13.3. The predicted octanol–water partition coefficient (Wildman–Crippen LogP) is 2.71. The fourth-order valence-electron chi connectivity index (χ4n) is 2.32. The van der Waals surface area contributed by atoms with Crippen molar-refractivity contribution in [1.29, 1.82) is 0 Å². The average molecular weight is 236 g/mol. The van der Waals surface area contributed by atoms with Gasteiger partial charge in [0.2, 0.25) is 0 Å². The van der Waals surface area contributed by atoms with Crippen LogP contribution in [0.2, 0.25) is 0 Å². The van der Waals surface area contributed by atoms with Gasteiger partial charge in [-0.25, -0.2) is 4.39 Å². The first-order valence-electron chi connectivity index (χ1n) is 6.51. The highest BCUT2D eigenvalue weighted by Gasteiger charge is 2.29. The predicted molar refractivity (Wildman–Crippen MR) is 69.8 cm³/mol. The summed E-state index contributed by atoms with van der Waals surface area (Å²) in [5, 5.41) is 0. The minimum absolute atomic E-state index is 0.163. The Hall–Kier alpha value is -1.09. The zero-order chi connectivity index (χ0) is 12.3. The number of benzene rings is 1. The SMILES string of the molecule is CCCN(c1ccc(F)cc1CCN)C1CC1. The molecule has 0 atom stereocenters. The van der Waals surface area contributed by atoms with Crippen molar-refractivity contribution in [3.05, 3.63) is 29.6 Å². The molecule has 1 aromatic rings. The van der Waals surface area contributed by atoms with Crippen LogP contribution in [0.15, 0.2) is 18.2 Å². The number of hydrogen-bond acceptors (Lipinski definition) is 2. The van der Waals surface area contributed by atoms with Crippen LogP contribution in [0.25, 0.3) is 0 Å². The van der Waals surface area contributed by atoms with E-state index in [0.29, 0.717) is 12.6 Å². The fraction of sp³-hybridized carbons (Fsp3) is 0.571. The first-order chi connectivity index (χ1) is 8.26. The maximum Gasteiger partial charge on any atom is 0.123 e. The van der Waals surface area contributed by atoms with Gasteiger partial charge in [0.15, 0.2) is 0 Å². The van der Waals surface area contributed by atoms with Crippen LogP contribution in [0.1, 0.15) is 31.7 Å². The van der Waals surface area contributed by atoms with E-state index in [-0.39, 0.29) is 5.82 Å². The van der Waals surface area contributed by atoms with E-state index in [4.69, 9.17) is 5.73 Å². The van der Waals surface area contributed by atoms with E-state index in [0.717, 1.165) is 24.9 Å². The Morgan fingerprint density at radius 1 is 1.41 bits per heavy atom. The molecule has 94 valence electrons. The molecule has 0 amide bonds. The zero-order valence-corrected chi connectivity index (χ0v) is 10.5. The number of nitrogens with two attached hydrogens (primary N) is 1. The van der Waals surface area contributed by atoms with Crippen LogP contribution >= 0.6 is 0 Å². The average Bonchev–Trinajstić information content (AvgIpc) is 3.11. The highest BCUT2D eigenvalue weighted by molar-refractivity contribution is 5.55. The van der Waals surface area contributed by atoms with Gasteiger partial charge in [0, 0.05) is 18.3 Å². The first kappa shape index (κ1) is 12.4. The molecule has 1 saturated carbocycles. The lowest BCUT2D eigenvalue weighted by molar-refractivity contribution is 0.624. The third-order valence-corrected chi connectivity index (χ3v) is 3.22. The van der Waals surface area contributed by atoms with Crippen LogP contribution in [0.5, 0.6) is 0 Å². The first-order valence-corrected chi connectivity index (χ1v) is 6.51. The lowest BCUT2D eigenvalue weighted by Crippen LogP contribution is -2.27. The standard InChI is InChI=1S/C14H21FN2/c1-2-9-17(13-4-5-13)14-6-3-12(15)10-11(14)7-8-16/h3,6,10,13H,2,4-5,7-9,16H2,1H3. The van der Waals surface area contributed by atoms with Gasteiger partial charge in [-0.15, -0.1) is 0 Å². The summed E-state index contributed by atoms with van der Waals surface area (Å²) < 4.78 is 13.3. The number of nitrogens with zero attached hydrogens (tertiary/aromatic N) is 1. The van der Waals surface area contributed by atoms with Crippen molar-refractivity contribution in [3.8, 4) is 0 Å². The molecule has 3 heteroatoms. The van der Waals surface area contributed by atoms with Crippen LogP contribution in [0.4, 0.5) is 10.1 Å². The van der Waals surface area contributed by atoms with Crippen molar-refractivity contribution in [2.24, 2.45) is 5.73 Å². The third-order valence-electron chi connectivity index (χ3n) is 3.22. The minimum Gasteiger partial charge on any atom is -0.368 e. The second-order valence-corrected chi connectivity index (χ2v) is 4.74. The largest absolute Gasteiger partial charge is 0.368 e. The van der Waals surface area contributed by atoms with Crippen molar-refractivity contribution >= 4 is 5.69 Å². The van der Waals surface area contributed by atoms with Crippen molar-refractivity contribution in [2.45, 2.75) is 38.6 Å². The molecule has 2 nitrogen and oxygen atoms in total. The molecule has 17 heavy (non-hydrogen) atoms. The van der Waals surface area contributed by atoms with E-state index in [1.54, 1.807) is 12.1 Å². The van der Waals surface area contributed by atoms with Crippen molar-refractivity contribution in [2.75, 3.05) is 18.0 Å². The number of hydrogen-bond donors (Lipinski definition) is 1. The molecule has 0 aromatic heterocycles. The molecule has 1 aromatic carbocycles. The summed E-state index contributed by atoms with van der Waals surface area (Å²) in [5.74, 6) is -0.163. The van der Waals surface area contributed by atoms with Crippen LogP contribution in [-0.2, 0) is 6.42 Å². The Bertz CT molecular complexity index is 374. The minimum atomic E-state index is -0.163. The molecule has 1 fully saturated rings. The van der Waals surface area contributed by atoms with E-state index in [9.17, 15) is 4.39 Å². The van der Waals surface area contributed by atoms with Gasteiger partial charge in [0.25, 0.3) is 0 Å². The van der Waals surface area contributed by atoms with E-state index in [1.807, 2.05) is 6.07 Å². The Morgan fingerprint density at radius 2 is 2.18 bits per heavy atom. The van der Waals surface area contributed by atoms with E-state index >= 15 is 0 Å². The van der Waals surface area contributed by atoms with Gasteiger partial charge in [-0.2, -0.15) is 0 Å². The van der Waals surface area contributed by atoms with E-state index in [1.165, 1.54) is 18.5 Å². The van der Waals surface area contributed by atoms with Gasteiger partial charge in [-0.05, 0) is 56.0 Å². The number of rotatable bonds is 6. The summed E-state index contributed by atoms with van der Waals surface area (Å²) in [5.41, 5.74) is 7.83. The monoisotopic (exact) mass is 236 g/mol. The Morgan fingerprint density at radius 3 is 2.76 bits per heavy atom. The van der Waals surface area contributed by atoms with Crippen molar-refractivity contribution in [3.63, 3.8) is 0 Å². The van der Waals surface area contributed by atoms with Gasteiger partial charge in [0.05, 0.1) is 0 Å². The molecule has 0 heterocycles. The molecule has 2 N–H and O–H groups in total. The van der Waals surface area contributed by atoms with E-state index < -0.39 is 0 Å². The molecular formula is C14H21FN2. The summed E-state index contributed by atoms with van der Waals surface area (Å²) in [4.78, 5) is 2.42. The van der Waals surface area contributed by atoms with Gasteiger partial charge in [0.1, 0.15) is 5.82 Å². The molecule has 1 aliphatic carbocycles. The summed E-state index contributed by atoms with van der Waals surface area (Å²) in [6, 6.07) is 5.76. The Balaban J connectivity index is 2.27. The van der Waals surface area contributed by atoms with Crippen molar-refractivity contribution in [1.82, 2.24) is 0 Å². The fourth-order valence-corrected chi connectivity index (χ4v) is 2.32. The van der Waals surface area contributed by atoms with Gasteiger partial charge >= 0.3 is 0 Å². The second kappa shape index (κ2) is 5.50. The van der Waals surface area contributed by atoms with Gasteiger partial charge < -0.3 is 10.6 Å². The van der Waals surface area contributed by atoms with E-state index in [2.05, 4.69) is 11.8 Å². The molecule has 0 saturated heterocycles. The second-order valence-electron chi connectivity index (χ2n) is 4.74. The topological polar surface area (TPSA) is 29.3 Å². The smallest absolute Gasteiger partial charge is 0.123 e. The lowest BCUT2D eigenvalue weighted by Gasteiger charge is -2.26. The van der Waals surface area contributed by atoms with Gasteiger partial charge in [-0.3, -0.25) is 0 Å². The Kier molecular flexibility index (Phi) is 4.00. The highest BCUT2D eigenvalue weighted by atomic mass is 19.1. The van der Waals surface area contributed by atoms with Crippen LogP contribution in [0, 0.1) is 5.82 Å². The number of halogens is 1. The summed E-state index contributed by atoms with van der Waals surface area (Å²) in [6.45, 7) is 3.80. The van der Waals surface area contributed by atoms with Crippen LogP contribution in [-0.4, -0.2) is 19.1 Å². The Labute approximate surface area is 103 Å². The molecule has 1 aliphatic rings. The molecule has 2 rings (SSSR count). The third kappa shape index (κ3) is 2.97. The maximum absolute atomic E-state index is 13.3. The zero-order valence-electron chi connectivity index (χ0n) is 10.5. The lowest BCUT2D eigenvalue weighted by atomic mass is 10.1. The van der Waals surface area contributed by atoms with Crippen LogP contribution in [0.3, 0.4) is 0 Å². The molecule has 0 bridgehead atoms. The molecule has 0 aliphatic heterocycles. The summed E-state index contributed by atoms with van der Waals surface area (Å²) in [6.07, 6.45) is 4.40. The van der Waals surface area contributed by atoms with Crippen molar-refractivity contribution < 1.29 is 4.39 Å². The summed E-state index contributed by atoms with van der Waals surface area (Å²) >= 11 is 0. The quantitative estimate of drug-likeness (QED) is 0.823.